The summed E-state index contributed by atoms with van der Waals surface area (Å²) in [6.07, 6.45) is 1.17. The monoisotopic (exact) mass is 383 g/mol. The number of amides is 1. The Labute approximate surface area is 161 Å². The first-order valence-corrected chi connectivity index (χ1v) is 8.70. The second-order valence-corrected chi connectivity index (χ2v) is 6.47. The number of hydrogen-bond donors (Lipinski definition) is 0. The van der Waals surface area contributed by atoms with Crippen LogP contribution in [0.25, 0.3) is 0 Å². The van der Waals surface area contributed by atoms with Crippen LogP contribution in [0.2, 0.25) is 5.02 Å². The number of benzene rings is 2. The smallest absolute Gasteiger partial charge is 0.289 e. The lowest BCUT2D eigenvalue weighted by atomic mass is 10.2. The number of nitrogens with zero attached hydrogens (tertiary/aromatic N) is 1. The van der Waals surface area contributed by atoms with Gasteiger partial charge in [-0.2, -0.15) is 0 Å². The van der Waals surface area contributed by atoms with Crippen molar-refractivity contribution in [3.63, 3.8) is 0 Å². The van der Waals surface area contributed by atoms with E-state index in [0.29, 0.717) is 11.6 Å². The highest BCUT2D eigenvalue weighted by molar-refractivity contribution is 6.30. The molecule has 27 heavy (non-hydrogen) atoms. The van der Waals surface area contributed by atoms with Gasteiger partial charge in [-0.1, -0.05) is 54.1 Å². The number of carbonyl (C=O) groups is 1. The minimum Gasteiger partial charge on any atom is -0.482 e. The van der Waals surface area contributed by atoms with Crippen molar-refractivity contribution in [1.82, 2.24) is 4.90 Å². The predicted molar refractivity (Wildman–Crippen MR) is 103 cm³/mol. The molecule has 0 N–H and O–H groups in total. The molecular formula is C21H18ClNO4. The molecule has 3 aromatic rings. The standard InChI is InChI=1S/C21H18ClNO4/c1-23(12-15-5-3-2-4-6-15)21(25)19-11-18(24)20(14-27-19)26-13-16-7-9-17(22)10-8-16/h2-11,14H,12-13H2,1H3. The minimum absolute atomic E-state index is 0.0303. The number of rotatable bonds is 6. The van der Waals surface area contributed by atoms with Crippen LogP contribution in [0.3, 0.4) is 0 Å². The van der Waals surface area contributed by atoms with Crippen LogP contribution in [0.15, 0.2) is 76.1 Å². The Balaban J connectivity index is 1.65. The van der Waals surface area contributed by atoms with Crippen molar-refractivity contribution >= 4 is 17.5 Å². The van der Waals surface area contributed by atoms with Crippen LogP contribution < -0.4 is 10.2 Å². The van der Waals surface area contributed by atoms with Crippen LogP contribution in [0.5, 0.6) is 5.75 Å². The van der Waals surface area contributed by atoms with E-state index >= 15 is 0 Å². The van der Waals surface area contributed by atoms with Crippen LogP contribution in [-0.2, 0) is 13.2 Å². The van der Waals surface area contributed by atoms with Gasteiger partial charge in [0.05, 0.1) is 0 Å². The van der Waals surface area contributed by atoms with E-state index in [0.717, 1.165) is 17.2 Å². The Bertz CT molecular complexity index is 967. The van der Waals surface area contributed by atoms with E-state index in [1.54, 1.807) is 31.3 Å². The van der Waals surface area contributed by atoms with Crippen molar-refractivity contribution in [2.45, 2.75) is 13.2 Å². The maximum Gasteiger partial charge on any atom is 0.289 e. The van der Waals surface area contributed by atoms with Crippen molar-refractivity contribution in [1.29, 1.82) is 0 Å². The van der Waals surface area contributed by atoms with E-state index in [4.69, 9.17) is 20.8 Å². The van der Waals surface area contributed by atoms with Crippen LogP contribution in [0.1, 0.15) is 21.7 Å². The third-order valence-electron chi connectivity index (χ3n) is 3.93. The van der Waals surface area contributed by atoms with E-state index in [9.17, 15) is 9.59 Å². The summed E-state index contributed by atoms with van der Waals surface area (Å²) in [6.45, 7) is 0.612. The molecule has 0 unspecified atom stereocenters. The van der Waals surface area contributed by atoms with E-state index in [2.05, 4.69) is 0 Å². The molecule has 0 aliphatic carbocycles. The predicted octanol–water partition coefficient (Wildman–Crippen LogP) is 4.14. The Hall–Kier alpha value is -3.05. The summed E-state index contributed by atoms with van der Waals surface area (Å²) < 4.78 is 10.8. The number of hydrogen-bond acceptors (Lipinski definition) is 4. The highest BCUT2D eigenvalue weighted by atomic mass is 35.5. The van der Waals surface area contributed by atoms with Gasteiger partial charge in [0.25, 0.3) is 5.91 Å². The lowest BCUT2D eigenvalue weighted by molar-refractivity contribution is 0.0749. The van der Waals surface area contributed by atoms with Gasteiger partial charge >= 0.3 is 0 Å². The van der Waals surface area contributed by atoms with Gasteiger partial charge in [0, 0.05) is 24.7 Å². The fraction of sp³-hybridized carbons (Fsp3) is 0.143. The molecule has 138 valence electrons. The Kier molecular flexibility index (Phi) is 5.94. The Morgan fingerprint density at radius 1 is 1.07 bits per heavy atom. The zero-order valence-electron chi connectivity index (χ0n) is 14.7. The van der Waals surface area contributed by atoms with Gasteiger partial charge in [-0.05, 0) is 23.3 Å². The molecule has 6 heteroatoms. The fourth-order valence-corrected chi connectivity index (χ4v) is 2.60. The molecule has 0 atom stereocenters. The molecule has 0 fully saturated rings. The molecule has 0 radical (unpaired) electrons. The summed E-state index contributed by atoms with van der Waals surface area (Å²) in [6, 6.07) is 17.8. The molecule has 0 saturated heterocycles. The van der Waals surface area contributed by atoms with Gasteiger partial charge in [0.2, 0.25) is 11.2 Å². The van der Waals surface area contributed by atoms with Gasteiger partial charge in [-0.3, -0.25) is 9.59 Å². The Morgan fingerprint density at radius 3 is 2.44 bits per heavy atom. The van der Waals surface area contributed by atoms with Crippen LogP contribution in [0.4, 0.5) is 0 Å². The third kappa shape index (κ3) is 4.99. The summed E-state index contributed by atoms with van der Waals surface area (Å²) in [4.78, 5) is 26.2. The summed E-state index contributed by atoms with van der Waals surface area (Å²) in [5.41, 5.74) is 1.44. The SMILES string of the molecule is CN(Cc1ccccc1)C(=O)c1cc(=O)c(OCc2ccc(Cl)cc2)co1. The van der Waals surface area contributed by atoms with Crippen molar-refractivity contribution in [3.05, 3.63) is 99.1 Å². The number of ether oxygens (including phenoxy) is 1. The first-order valence-electron chi connectivity index (χ1n) is 8.32. The highest BCUT2D eigenvalue weighted by Gasteiger charge is 2.16. The van der Waals surface area contributed by atoms with Crippen LogP contribution in [-0.4, -0.2) is 17.9 Å². The first kappa shape index (κ1) is 18.7. The van der Waals surface area contributed by atoms with Gasteiger partial charge in [-0.15, -0.1) is 0 Å². The second-order valence-electron chi connectivity index (χ2n) is 6.03. The summed E-state index contributed by atoms with van der Waals surface area (Å²) in [7, 11) is 1.65. The van der Waals surface area contributed by atoms with Gasteiger partial charge in [0.1, 0.15) is 12.9 Å². The largest absolute Gasteiger partial charge is 0.482 e. The number of carbonyl (C=O) groups excluding carboxylic acids is 1. The summed E-state index contributed by atoms with van der Waals surface area (Å²) in [5, 5.41) is 0.626. The maximum atomic E-state index is 12.5. The molecular weight excluding hydrogens is 366 g/mol. The van der Waals surface area contributed by atoms with E-state index < -0.39 is 5.43 Å². The lowest BCUT2D eigenvalue weighted by Gasteiger charge is -2.16. The van der Waals surface area contributed by atoms with E-state index in [1.165, 1.54) is 11.2 Å². The average Bonchev–Trinajstić information content (AvgIpc) is 2.68. The summed E-state index contributed by atoms with van der Waals surface area (Å²) in [5.74, 6) is -0.357. The molecule has 0 bridgehead atoms. The maximum absolute atomic E-state index is 12.5. The molecule has 1 heterocycles. The lowest BCUT2D eigenvalue weighted by Crippen LogP contribution is -2.27. The normalized spacial score (nSPS) is 10.4. The molecule has 1 amide bonds. The summed E-state index contributed by atoms with van der Waals surface area (Å²) >= 11 is 5.84. The van der Waals surface area contributed by atoms with Gasteiger partial charge < -0.3 is 14.1 Å². The van der Waals surface area contributed by atoms with E-state index in [1.807, 2.05) is 30.3 Å². The molecule has 0 saturated carbocycles. The zero-order valence-corrected chi connectivity index (χ0v) is 15.5. The molecule has 3 rings (SSSR count). The minimum atomic E-state index is -0.410. The zero-order chi connectivity index (χ0) is 19.2. The molecule has 0 aliphatic heterocycles. The average molecular weight is 384 g/mol. The van der Waals surface area contributed by atoms with Crippen molar-refractivity contribution in [2.24, 2.45) is 0 Å². The fourth-order valence-electron chi connectivity index (χ4n) is 2.48. The number of halogens is 1. The second kappa shape index (κ2) is 8.56. The van der Waals surface area contributed by atoms with Crippen LogP contribution >= 0.6 is 11.6 Å². The van der Waals surface area contributed by atoms with Crippen molar-refractivity contribution in [2.75, 3.05) is 7.05 Å². The third-order valence-corrected chi connectivity index (χ3v) is 4.18. The Morgan fingerprint density at radius 2 is 1.78 bits per heavy atom. The quantitative estimate of drug-likeness (QED) is 0.641. The van der Waals surface area contributed by atoms with Gasteiger partial charge in [0.15, 0.2) is 5.76 Å². The van der Waals surface area contributed by atoms with Crippen LogP contribution in [0, 0.1) is 0 Å². The first-order chi connectivity index (χ1) is 13.0. The molecule has 0 aliphatic rings. The molecule has 5 nitrogen and oxygen atoms in total. The van der Waals surface area contributed by atoms with Gasteiger partial charge in [-0.25, -0.2) is 0 Å². The van der Waals surface area contributed by atoms with Crippen molar-refractivity contribution < 1.29 is 13.9 Å². The van der Waals surface area contributed by atoms with Crippen molar-refractivity contribution in [3.8, 4) is 5.75 Å². The van der Waals surface area contributed by atoms with E-state index in [-0.39, 0.29) is 24.0 Å². The molecule has 0 spiro atoms. The molecule has 2 aromatic carbocycles. The highest BCUT2D eigenvalue weighted by Crippen LogP contribution is 2.14. The molecule has 1 aromatic heterocycles. The topological polar surface area (TPSA) is 59.8 Å².